The third kappa shape index (κ3) is 3.46. The number of methoxy groups -OCH3 is 1. The second-order valence-corrected chi connectivity index (χ2v) is 4.64. The topological polar surface area (TPSA) is 29.5 Å². The van der Waals surface area contributed by atoms with Crippen LogP contribution in [0.2, 0.25) is 5.02 Å². The summed E-state index contributed by atoms with van der Waals surface area (Å²) in [6.45, 7) is 0. The number of hydrogen-bond donors (Lipinski definition) is 1. The van der Waals surface area contributed by atoms with E-state index >= 15 is 0 Å². The molecule has 0 heterocycles. The zero-order valence-electron chi connectivity index (χ0n) is 10.4. The molecule has 0 radical (unpaired) electrons. The van der Waals surface area contributed by atoms with Crippen LogP contribution in [0.1, 0.15) is 17.2 Å². The predicted molar refractivity (Wildman–Crippen MR) is 73.1 cm³/mol. The van der Waals surface area contributed by atoms with E-state index in [9.17, 15) is 9.50 Å². The Morgan fingerprint density at radius 2 is 2.05 bits per heavy atom. The summed E-state index contributed by atoms with van der Waals surface area (Å²) in [4.78, 5) is 0. The maximum Gasteiger partial charge on any atom is 0.124 e. The standard InChI is InChI=1S/C15H14ClFO2/c1-19-13-4-2-3-11(7-13)15(18)8-10-5-6-12(17)9-14(10)16/h2-7,9,15,18H,8H2,1H3. The van der Waals surface area contributed by atoms with E-state index in [2.05, 4.69) is 0 Å². The molecule has 100 valence electrons. The molecule has 0 aliphatic heterocycles. The molecule has 1 atom stereocenters. The summed E-state index contributed by atoms with van der Waals surface area (Å²) < 4.78 is 18.1. The van der Waals surface area contributed by atoms with E-state index in [0.717, 1.165) is 5.56 Å². The molecule has 0 amide bonds. The Morgan fingerprint density at radius 3 is 2.74 bits per heavy atom. The van der Waals surface area contributed by atoms with Gasteiger partial charge in [-0.15, -0.1) is 0 Å². The van der Waals surface area contributed by atoms with Crippen LogP contribution in [0.4, 0.5) is 4.39 Å². The zero-order valence-corrected chi connectivity index (χ0v) is 11.2. The molecule has 0 saturated heterocycles. The van der Waals surface area contributed by atoms with E-state index in [1.54, 1.807) is 25.3 Å². The summed E-state index contributed by atoms with van der Waals surface area (Å²) in [5.41, 5.74) is 1.44. The van der Waals surface area contributed by atoms with Crippen LogP contribution in [0.15, 0.2) is 42.5 Å². The maximum atomic E-state index is 12.9. The number of aliphatic hydroxyl groups excluding tert-OH is 1. The van der Waals surface area contributed by atoms with E-state index in [1.807, 2.05) is 12.1 Å². The highest BCUT2D eigenvalue weighted by Gasteiger charge is 2.12. The molecular formula is C15H14ClFO2. The first-order valence-corrected chi connectivity index (χ1v) is 6.24. The lowest BCUT2D eigenvalue weighted by Gasteiger charge is -2.13. The van der Waals surface area contributed by atoms with Crippen molar-refractivity contribution in [3.63, 3.8) is 0 Å². The molecule has 0 aromatic heterocycles. The van der Waals surface area contributed by atoms with Crippen LogP contribution in [0.25, 0.3) is 0 Å². The second-order valence-electron chi connectivity index (χ2n) is 4.23. The molecule has 1 N–H and O–H groups in total. The monoisotopic (exact) mass is 280 g/mol. The van der Waals surface area contributed by atoms with Gasteiger partial charge in [-0.2, -0.15) is 0 Å². The molecule has 0 aliphatic carbocycles. The first-order chi connectivity index (χ1) is 9.10. The minimum atomic E-state index is -0.710. The van der Waals surface area contributed by atoms with Crippen molar-refractivity contribution < 1.29 is 14.2 Å². The fourth-order valence-corrected chi connectivity index (χ4v) is 2.11. The predicted octanol–water partition coefficient (Wildman–Crippen LogP) is 3.76. The fourth-order valence-electron chi connectivity index (χ4n) is 1.86. The highest BCUT2D eigenvalue weighted by atomic mass is 35.5. The summed E-state index contributed by atoms with van der Waals surface area (Å²) in [5, 5.41) is 10.5. The van der Waals surface area contributed by atoms with Crippen molar-refractivity contribution in [2.45, 2.75) is 12.5 Å². The van der Waals surface area contributed by atoms with E-state index in [1.165, 1.54) is 12.1 Å². The lowest BCUT2D eigenvalue weighted by molar-refractivity contribution is 0.178. The number of aliphatic hydroxyl groups is 1. The largest absolute Gasteiger partial charge is 0.497 e. The normalized spacial score (nSPS) is 12.2. The molecular weight excluding hydrogens is 267 g/mol. The van der Waals surface area contributed by atoms with Crippen molar-refractivity contribution in [3.05, 3.63) is 64.4 Å². The van der Waals surface area contributed by atoms with Crippen molar-refractivity contribution >= 4 is 11.6 Å². The van der Waals surface area contributed by atoms with Gasteiger partial charge in [0.25, 0.3) is 0 Å². The van der Waals surface area contributed by atoms with Crippen molar-refractivity contribution in [1.82, 2.24) is 0 Å². The van der Waals surface area contributed by atoms with Gasteiger partial charge in [0, 0.05) is 11.4 Å². The van der Waals surface area contributed by atoms with Crippen LogP contribution in [-0.4, -0.2) is 12.2 Å². The van der Waals surface area contributed by atoms with Gasteiger partial charge in [-0.05, 0) is 35.4 Å². The maximum absolute atomic E-state index is 12.9. The number of benzene rings is 2. The molecule has 0 bridgehead atoms. The fraction of sp³-hybridized carbons (Fsp3) is 0.200. The van der Waals surface area contributed by atoms with Crippen molar-refractivity contribution in [1.29, 1.82) is 0 Å². The molecule has 1 unspecified atom stereocenters. The molecule has 2 aromatic rings. The van der Waals surface area contributed by atoms with Crippen molar-refractivity contribution in [2.24, 2.45) is 0 Å². The molecule has 2 aromatic carbocycles. The first kappa shape index (κ1) is 13.8. The summed E-state index contributed by atoms with van der Waals surface area (Å²) in [7, 11) is 1.57. The Balaban J connectivity index is 2.17. The van der Waals surface area contributed by atoms with Crippen LogP contribution in [0.5, 0.6) is 5.75 Å². The second kappa shape index (κ2) is 6.04. The highest BCUT2D eigenvalue weighted by molar-refractivity contribution is 6.31. The average Bonchev–Trinajstić information content (AvgIpc) is 2.42. The van der Waals surface area contributed by atoms with Gasteiger partial charge in [0.15, 0.2) is 0 Å². The molecule has 4 heteroatoms. The van der Waals surface area contributed by atoms with E-state index < -0.39 is 6.10 Å². The molecule has 0 fully saturated rings. The van der Waals surface area contributed by atoms with Crippen LogP contribution in [0.3, 0.4) is 0 Å². The van der Waals surface area contributed by atoms with Crippen LogP contribution in [0, 0.1) is 5.82 Å². The summed E-state index contributed by atoms with van der Waals surface area (Å²) >= 11 is 5.94. The molecule has 2 rings (SSSR count). The first-order valence-electron chi connectivity index (χ1n) is 5.86. The Kier molecular flexibility index (Phi) is 4.40. The number of hydrogen-bond acceptors (Lipinski definition) is 2. The highest BCUT2D eigenvalue weighted by Crippen LogP contribution is 2.26. The van der Waals surface area contributed by atoms with Gasteiger partial charge in [0.05, 0.1) is 13.2 Å². The van der Waals surface area contributed by atoms with Crippen LogP contribution < -0.4 is 4.74 Å². The van der Waals surface area contributed by atoms with Crippen LogP contribution in [-0.2, 0) is 6.42 Å². The average molecular weight is 281 g/mol. The molecule has 2 nitrogen and oxygen atoms in total. The van der Waals surface area contributed by atoms with Crippen molar-refractivity contribution in [2.75, 3.05) is 7.11 Å². The lowest BCUT2D eigenvalue weighted by Crippen LogP contribution is -2.02. The quantitative estimate of drug-likeness (QED) is 0.924. The Bertz CT molecular complexity index is 572. The SMILES string of the molecule is COc1cccc(C(O)Cc2ccc(F)cc2Cl)c1. The van der Waals surface area contributed by atoms with Gasteiger partial charge >= 0.3 is 0 Å². The molecule has 0 spiro atoms. The van der Waals surface area contributed by atoms with Gasteiger partial charge in [-0.1, -0.05) is 29.8 Å². The molecule has 0 saturated carbocycles. The van der Waals surface area contributed by atoms with Crippen LogP contribution >= 0.6 is 11.6 Å². The Hall–Kier alpha value is -1.58. The summed E-state index contributed by atoms with van der Waals surface area (Å²) in [6.07, 6.45) is -0.384. The third-order valence-electron chi connectivity index (χ3n) is 2.91. The van der Waals surface area contributed by atoms with E-state index in [0.29, 0.717) is 22.8 Å². The minimum Gasteiger partial charge on any atom is -0.497 e. The Morgan fingerprint density at radius 1 is 1.26 bits per heavy atom. The number of halogens is 2. The van der Waals surface area contributed by atoms with Gasteiger partial charge < -0.3 is 9.84 Å². The summed E-state index contributed by atoms with van der Waals surface area (Å²) in [6, 6.07) is 11.4. The lowest BCUT2D eigenvalue weighted by atomic mass is 10.0. The van der Waals surface area contributed by atoms with Gasteiger partial charge in [0.1, 0.15) is 11.6 Å². The number of rotatable bonds is 4. The number of ether oxygens (including phenoxy) is 1. The van der Waals surface area contributed by atoms with Gasteiger partial charge in [0.2, 0.25) is 0 Å². The van der Waals surface area contributed by atoms with E-state index in [-0.39, 0.29) is 5.82 Å². The smallest absolute Gasteiger partial charge is 0.124 e. The van der Waals surface area contributed by atoms with Gasteiger partial charge in [-0.25, -0.2) is 4.39 Å². The minimum absolute atomic E-state index is 0.321. The Labute approximate surface area is 116 Å². The third-order valence-corrected chi connectivity index (χ3v) is 3.26. The molecule has 0 aliphatic rings. The molecule has 19 heavy (non-hydrogen) atoms. The van der Waals surface area contributed by atoms with Gasteiger partial charge in [-0.3, -0.25) is 0 Å². The van der Waals surface area contributed by atoms with Crippen molar-refractivity contribution in [3.8, 4) is 5.75 Å². The zero-order chi connectivity index (χ0) is 13.8. The summed E-state index contributed by atoms with van der Waals surface area (Å²) in [5.74, 6) is 0.298. The van der Waals surface area contributed by atoms with E-state index in [4.69, 9.17) is 16.3 Å².